The number of hydrogen-bond acceptors (Lipinski definition) is 2. The number of nitrogens with zero attached hydrogens (tertiary/aromatic N) is 2. The lowest BCUT2D eigenvalue weighted by atomic mass is 9.99. The summed E-state index contributed by atoms with van der Waals surface area (Å²) in [6.45, 7) is 6.26. The Morgan fingerprint density at radius 3 is 2.57 bits per heavy atom. The second-order valence-electron chi connectivity index (χ2n) is 6.27. The summed E-state index contributed by atoms with van der Waals surface area (Å²) in [6.07, 6.45) is 2.12. The van der Waals surface area contributed by atoms with Crippen LogP contribution in [0.3, 0.4) is 0 Å². The first kappa shape index (κ1) is 14.1. The van der Waals surface area contributed by atoms with Crippen LogP contribution in [-0.2, 0) is 11.3 Å². The molecular weight excluding hydrogens is 264 g/mol. The number of rotatable bonds is 2. The highest BCUT2D eigenvalue weighted by atomic mass is 16.2. The van der Waals surface area contributed by atoms with Crippen molar-refractivity contribution in [3.05, 3.63) is 35.4 Å². The lowest BCUT2D eigenvalue weighted by Gasteiger charge is -2.34. The fourth-order valence-electron chi connectivity index (χ4n) is 3.22. The topological polar surface area (TPSA) is 40.6 Å². The van der Waals surface area contributed by atoms with Gasteiger partial charge in [0, 0.05) is 25.2 Å². The van der Waals surface area contributed by atoms with E-state index in [4.69, 9.17) is 0 Å². The zero-order valence-electron chi connectivity index (χ0n) is 12.7. The zero-order valence-corrected chi connectivity index (χ0v) is 12.7. The van der Waals surface area contributed by atoms with Crippen LogP contribution >= 0.6 is 0 Å². The zero-order chi connectivity index (χ0) is 15.0. The van der Waals surface area contributed by atoms with Gasteiger partial charge in [0.05, 0.1) is 0 Å². The molecule has 4 heteroatoms. The molecule has 0 aromatic heterocycles. The van der Waals surface area contributed by atoms with Crippen molar-refractivity contribution < 1.29 is 9.59 Å². The normalized spacial score (nSPS) is 20.6. The first-order valence-corrected chi connectivity index (χ1v) is 7.75. The smallest absolute Gasteiger partial charge is 0.255 e. The van der Waals surface area contributed by atoms with Gasteiger partial charge in [-0.05, 0) is 37.3 Å². The molecule has 1 aromatic carbocycles. The molecule has 0 saturated carbocycles. The third-order valence-corrected chi connectivity index (χ3v) is 4.77. The van der Waals surface area contributed by atoms with Crippen LogP contribution in [0.25, 0.3) is 0 Å². The van der Waals surface area contributed by atoms with E-state index in [0.29, 0.717) is 12.5 Å². The van der Waals surface area contributed by atoms with Gasteiger partial charge in [0.15, 0.2) is 0 Å². The highest BCUT2D eigenvalue weighted by Crippen LogP contribution is 2.25. The molecule has 1 atom stereocenters. The van der Waals surface area contributed by atoms with Crippen molar-refractivity contribution >= 4 is 11.8 Å². The monoisotopic (exact) mass is 286 g/mol. The summed E-state index contributed by atoms with van der Waals surface area (Å²) in [6, 6.07) is 7.25. The fraction of sp³-hybridized carbons (Fsp3) is 0.529. The van der Waals surface area contributed by atoms with E-state index in [1.165, 1.54) is 0 Å². The van der Waals surface area contributed by atoms with Gasteiger partial charge in [-0.2, -0.15) is 0 Å². The van der Waals surface area contributed by atoms with Crippen molar-refractivity contribution in [2.24, 2.45) is 5.92 Å². The van der Waals surface area contributed by atoms with Crippen molar-refractivity contribution in [1.29, 1.82) is 0 Å². The van der Waals surface area contributed by atoms with Crippen LogP contribution in [-0.4, -0.2) is 40.7 Å². The van der Waals surface area contributed by atoms with Crippen LogP contribution in [0.4, 0.5) is 0 Å². The SMILES string of the molecule is CC1CCN(C(=O)[C@H](C)N2Cc3ccccc3C2=O)CC1. The number of benzene rings is 1. The lowest BCUT2D eigenvalue weighted by Crippen LogP contribution is -2.49. The number of piperidine rings is 1. The molecule has 2 aliphatic heterocycles. The van der Waals surface area contributed by atoms with Crippen molar-refractivity contribution in [2.75, 3.05) is 13.1 Å². The summed E-state index contributed by atoms with van der Waals surface area (Å²) in [5.41, 5.74) is 1.76. The molecular formula is C17H22N2O2. The summed E-state index contributed by atoms with van der Waals surface area (Å²) in [5.74, 6) is 0.766. The standard InChI is InChI=1S/C17H22N2O2/c1-12-7-9-18(10-8-12)16(20)13(2)19-11-14-5-3-4-6-15(14)17(19)21/h3-6,12-13H,7-11H2,1-2H3/t13-/m0/s1. The molecule has 1 aromatic rings. The van der Waals surface area contributed by atoms with Gasteiger partial charge >= 0.3 is 0 Å². The summed E-state index contributed by atoms with van der Waals surface area (Å²) in [7, 11) is 0. The first-order chi connectivity index (χ1) is 10.1. The van der Waals surface area contributed by atoms with Crippen LogP contribution in [0.2, 0.25) is 0 Å². The Morgan fingerprint density at radius 1 is 1.24 bits per heavy atom. The van der Waals surface area contributed by atoms with Gasteiger partial charge in [0.2, 0.25) is 5.91 Å². The van der Waals surface area contributed by atoms with Crippen LogP contribution in [0.5, 0.6) is 0 Å². The molecule has 112 valence electrons. The first-order valence-electron chi connectivity index (χ1n) is 7.75. The van der Waals surface area contributed by atoms with E-state index in [-0.39, 0.29) is 17.9 Å². The van der Waals surface area contributed by atoms with Crippen LogP contribution in [0.15, 0.2) is 24.3 Å². The van der Waals surface area contributed by atoms with Crippen molar-refractivity contribution in [3.8, 4) is 0 Å². The van der Waals surface area contributed by atoms with Crippen molar-refractivity contribution in [3.63, 3.8) is 0 Å². The highest BCUT2D eigenvalue weighted by molar-refractivity contribution is 6.01. The maximum Gasteiger partial charge on any atom is 0.255 e. The molecule has 0 aliphatic carbocycles. The number of fused-ring (bicyclic) bond motifs is 1. The Bertz CT molecular complexity index is 562. The van der Waals surface area contributed by atoms with Crippen molar-refractivity contribution in [2.45, 2.75) is 39.3 Å². The third kappa shape index (κ3) is 2.55. The molecule has 0 radical (unpaired) electrons. The maximum atomic E-state index is 12.6. The maximum absolute atomic E-state index is 12.6. The molecule has 21 heavy (non-hydrogen) atoms. The number of hydrogen-bond donors (Lipinski definition) is 0. The van der Waals surface area contributed by atoms with Gasteiger partial charge in [0.25, 0.3) is 5.91 Å². The third-order valence-electron chi connectivity index (χ3n) is 4.77. The summed E-state index contributed by atoms with van der Waals surface area (Å²) in [4.78, 5) is 28.7. The average Bonchev–Trinajstić information content (AvgIpc) is 2.84. The van der Waals surface area contributed by atoms with Gasteiger partial charge in [-0.1, -0.05) is 25.1 Å². The lowest BCUT2D eigenvalue weighted by molar-refractivity contribution is -0.137. The number of carbonyl (C=O) groups is 2. The van der Waals surface area contributed by atoms with Crippen LogP contribution in [0.1, 0.15) is 42.6 Å². The molecule has 0 spiro atoms. The Kier molecular flexibility index (Phi) is 3.70. The fourth-order valence-corrected chi connectivity index (χ4v) is 3.22. The minimum absolute atomic E-state index is 0.0168. The summed E-state index contributed by atoms with van der Waals surface area (Å²) >= 11 is 0. The Balaban J connectivity index is 1.70. The van der Waals surface area contributed by atoms with E-state index >= 15 is 0 Å². The minimum atomic E-state index is -0.377. The predicted molar refractivity (Wildman–Crippen MR) is 80.8 cm³/mol. The molecule has 0 unspecified atom stereocenters. The molecule has 0 bridgehead atoms. The van der Waals surface area contributed by atoms with E-state index in [0.717, 1.165) is 37.1 Å². The quantitative estimate of drug-likeness (QED) is 0.837. The second-order valence-corrected chi connectivity index (χ2v) is 6.27. The predicted octanol–water partition coefficient (Wildman–Crippen LogP) is 2.29. The van der Waals surface area contributed by atoms with Crippen LogP contribution in [0, 0.1) is 5.92 Å². The van der Waals surface area contributed by atoms with E-state index in [2.05, 4.69) is 6.92 Å². The second kappa shape index (κ2) is 5.51. The summed E-state index contributed by atoms with van der Waals surface area (Å²) < 4.78 is 0. The molecule has 2 amide bonds. The average molecular weight is 286 g/mol. The number of amides is 2. The largest absolute Gasteiger partial charge is 0.341 e. The van der Waals surface area contributed by atoms with Gasteiger partial charge < -0.3 is 9.80 Å². The van der Waals surface area contributed by atoms with E-state index < -0.39 is 0 Å². The molecule has 2 aliphatic rings. The van der Waals surface area contributed by atoms with E-state index in [9.17, 15) is 9.59 Å². The number of likely N-dealkylation sites (tertiary alicyclic amines) is 1. The molecule has 3 rings (SSSR count). The molecule has 1 saturated heterocycles. The van der Waals surface area contributed by atoms with E-state index in [1.807, 2.05) is 36.1 Å². The van der Waals surface area contributed by atoms with Gasteiger partial charge in [0.1, 0.15) is 6.04 Å². The number of carbonyl (C=O) groups excluding carboxylic acids is 2. The van der Waals surface area contributed by atoms with Gasteiger partial charge in [-0.3, -0.25) is 9.59 Å². The molecule has 2 heterocycles. The van der Waals surface area contributed by atoms with E-state index in [1.54, 1.807) is 4.90 Å². The summed E-state index contributed by atoms with van der Waals surface area (Å²) in [5, 5.41) is 0. The highest BCUT2D eigenvalue weighted by Gasteiger charge is 2.35. The molecule has 1 fully saturated rings. The minimum Gasteiger partial charge on any atom is -0.341 e. The van der Waals surface area contributed by atoms with Crippen molar-refractivity contribution in [1.82, 2.24) is 9.80 Å². The van der Waals surface area contributed by atoms with Gasteiger partial charge in [-0.15, -0.1) is 0 Å². The Hall–Kier alpha value is -1.84. The van der Waals surface area contributed by atoms with Gasteiger partial charge in [-0.25, -0.2) is 0 Å². The Morgan fingerprint density at radius 2 is 1.90 bits per heavy atom. The molecule has 0 N–H and O–H groups in total. The van der Waals surface area contributed by atoms with Crippen LogP contribution < -0.4 is 0 Å². The Labute approximate surface area is 125 Å². The molecule has 4 nitrogen and oxygen atoms in total.